The van der Waals surface area contributed by atoms with Crippen molar-refractivity contribution >= 4 is 40.6 Å². The van der Waals surface area contributed by atoms with Gasteiger partial charge in [-0.15, -0.1) is 23.1 Å². The zero-order valence-electron chi connectivity index (χ0n) is 22.1. The molecule has 39 heavy (non-hydrogen) atoms. The highest BCUT2D eigenvalue weighted by atomic mass is 32.2. The van der Waals surface area contributed by atoms with Crippen molar-refractivity contribution in [1.29, 1.82) is 5.26 Å². The van der Waals surface area contributed by atoms with Gasteiger partial charge in [-0.05, 0) is 37.1 Å². The summed E-state index contributed by atoms with van der Waals surface area (Å²) in [5.41, 5.74) is 1.51. The minimum Gasteiger partial charge on any atom is -0.493 e. The van der Waals surface area contributed by atoms with Gasteiger partial charge in [-0.1, -0.05) is 12.1 Å². The quantitative estimate of drug-likeness (QED) is 0.255. The second-order valence-corrected chi connectivity index (χ2v) is 10.8. The van der Waals surface area contributed by atoms with E-state index >= 15 is 0 Å². The molecule has 1 aliphatic heterocycles. The second-order valence-electron chi connectivity index (χ2n) is 8.73. The van der Waals surface area contributed by atoms with E-state index in [0.29, 0.717) is 59.5 Å². The third-order valence-electron chi connectivity index (χ3n) is 6.43. The van der Waals surface area contributed by atoms with Crippen LogP contribution in [0.25, 0.3) is 0 Å². The average molecular weight is 567 g/mol. The predicted molar refractivity (Wildman–Crippen MR) is 151 cm³/mol. The molecular formula is C28H30N4O5S2. The number of rotatable bonds is 10. The number of hydrogen-bond donors (Lipinski definition) is 1. The van der Waals surface area contributed by atoms with E-state index in [0.717, 1.165) is 22.7 Å². The number of amides is 2. The molecule has 0 spiro atoms. The van der Waals surface area contributed by atoms with Crippen LogP contribution in [-0.2, 0) is 0 Å². The van der Waals surface area contributed by atoms with Crippen LogP contribution in [0, 0.1) is 11.3 Å². The van der Waals surface area contributed by atoms with Gasteiger partial charge in [0.25, 0.3) is 11.8 Å². The molecule has 1 N–H and O–H groups in total. The summed E-state index contributed by atoms with van der Waals surface area (Å²) in [6.45, 7) is 1.13. The van der Waals surface area contributed by atoms with Crippen LogP contribution >= 0.6 is 23.1 Å². The summed E-state index contributed by atoms with van der Waals surface area (Å²) in [4.78, 5) is 33.6. The van der Waals surface area contributed by atoms with Crippen molar-refractivity contribution in [3.8, 4) is 23.3 Å². The van der Waals surface area contributed by atoms with Gasteiger partial charge in [-0.25, -0.2) is 4.98 Å². The fourth-order valence-corrected chi connectivity index (χ4v) is 6.27. The number of anilines is 1. The lowest BCUT2D eigenvalue weighted by molar-refractivity contribution is 0.0708. The number of carbonyl (C=O) groups excluding carboxylic acids is 2. The molecule has 0 atom stereocenters. The Balaban J connectivity index is 1.38. The molecule has 1 saturated heterocycles. The van der Waals surface area contributed by atoms with Crippen LogP contribution in [0.4, 0.5) is 5.69 Å². The number of thiazole rings is 1. The number of methoxy groups -OCH3 is 3. The molecule has 2 heterocycles. The number of carbonyl (C=O) groups is 2. The Kier molecular flexibility index (Phi) is 9.68. The Morgan fingerprint density at radius 3 is 2.54 bits per heavy atom. The maximum atomic E-state index is 13.3. The molecule has 0 bridgehead atoms. The summed E-state index contributed by atoms with van der Waals surface area (Å²) in [6.07, 6.45) is 1.93. The summed E-state index contributed by atoms with van der Waals surface area (Å²) in [6, 6.07) is 13.1. The van der Waals surface area contributed by atoms with Crippen LogP contribution in [0.15, 0.2) is 46.7 Å². The van der Waals surface area contributed by atoms with Crippen molar-refractivity contribution in [1.82, 2.24) is 9.88 Å². The molecule has 2 aromatic carbocycles. The highest BCUT2D eigenvalue weighted by Crippen LogP contribution is 2.41. The smallest absolute Gasteiger partial charge is 0.275 e. The van der Waals surface area contributed by atoms with Gasteiger partial charge in [-0.2, -0.15) is 5.26 Å². The SMILES string of the molecule is COc1ccc(C(=O)N2CCC(c3nc(C(=O)Nc4ccccc4SCCC#N)cs3)CC2)c(OC)c1OC. The first kappa shape index (κ1) is 28.3. The van der Waals surface area contributed by atoms with Crippen molar-refractivity contribution < 1.29 is 23.8 Å². The van der Waals surface area contributed by atoms with Crippen molar-refractivity contribution in [3.05, 3.63) is 58.0 Å². The topological polar surface area (TPSA) is 114 Å². The van der Waals surface area contributed by atoms with Crippen LogP contribution in [0.2, 0.25) is 0 Å². The number of piperidine rings is 1. The molecule has 2 amide bonds. The molecular weight excluding hydrogens is 536 g/mol. The zero-order valence-corrected chi connectivity index (χ0v) is 23.7. The zero-order chi connectivity index (χ0) is 27.8. The first-order valence-corrected chi connectivity index (χ1v) is 14.3. The first-order chi connectivity index (χ1) is 19.0. The molecule has 0 saturated carbocycles. The van der Waals surface area contributed by atoms with Crippen LogP contribution in [0.1, 0.15) is 51.0 Å². The van der Waals surface area contributed by atoms with Gasteiger partial charge in [0.15, 0.2) is 11.5 Å². The number of benzene rings is 2. The molecule has 1 aliphatic rings. The van der Waals surface area contributed by atoms with E-state index in [-0.39, 0.29) is 17.7 Å². The summed E-state index contributed by atoms with van der Waals surface area (Å²) in [5.74, 6) is 1.67. The predicted octanol–water partition coefficient (Wildman–Crippen LogP) is 5.45. The maximum absolute atomic E-state index is 13.3. The van der Waals surface area contributed by atoms with Crippen molar-refractivity contribution in [2.75, 3.05) is 45.5 Å². The van der Waals surface area contributed by atoms with E-state index in [1.807, 2.05) is 29.2 Å². The number of nitrogens with zero attached hydrogens (tertiary/aromatic N) is 3. The lowest BCUT2D eigenvalue weighted by atomic mass is 9.97. The largest absolute Gasteiger partial charge is 0.493 e. The number of thioether (sulfide) groups is 1. The maximum Gasteiger partial charge on any atom is 0.275 e. The molecule has 0 radical (unpaired) electrons. The lowest BCUT2D eigenvalue weighted by Crippen LogP contribution is -2.38. The van der Waals surface area contributed by atoms with E-state index in [4.69, 9.17) is 19.5 Å². The molecule has 1 aromatic heterocycles. The van der Waals surface area contributed by atoms with Crippen molar-refractivity contribution in [3.63, 3.8) is 0 Å². The van der Waals surface area contributed by atoms with Gasteiger partial charge in [0.05, 0.1) is 43.7 Å². The molecule has 0 unspecified atom stereocenters. The monoisotopic (exact) mass is 566 g/mol. The van der Waals surface area contributed by atoms with E-state index in [9.17, 15) is 9.59 Å². The molecule has 4 rings (SSSR count). The molecule has 1 fully saturated rings. The second kappa shape index (κ2) is 13.4. The van der Waals surface area contributed by atoms with Gasteiger partial charge >= 0.3 is 0 Å². The van der Waals surface area contributed by atoms with Gasteiger partial charge in [0, 0.05) is 41.5 Å². The van der Waals surface area contributed by atoms with E-state index in [1.165, 1.54) is 44.4 Å². The lowest BCUT2D eigenvalue weighted by Gasteiger charge is -2.31. The fourth-order valence-electron chi connectivity index (χ4n) is 4.44. The number of nitrogens with one attached hydrogen (secondary N) is 1. The van der Waals surface area contributed by atoms with Crippen LogP contribution < -0.4 is 19.5 Å². The number of likely N-dealkylation sites (tertiary alicyclic amines) is 1. The summed E-state index contributed by atoms with van der Waals surface area (Å²) in [7, 11) is 4.55. The molecule has 0 aliphatic carbocycles. The third kappa shape index (κ3) is 6.46. The van der Waals surface area contributed by atoms with E-state index < -0.39 is 0 Å². The minimum atomic E-state index is -0.265. The Hall–Kier alpha value is -3.75. The Morgan fingerprint density at radius 1 is 1.10 bits per heavy atom. The Morgan fingerprint density at radius 2 is 1.85 bits per heavy atom. The van der Waals surface area contributed by atoms with Crippen molar-refractivity contribution in [2.24, 2.45) is 0 Å². The summed E-state index contributed by atoms with van der Waals surface area (Å²) < 4.78 is 16.2. The van der Waals surface area contributed by atoms with Gasteiger partial charge in [0.2, 0.25) is 5.75 Å². The standard InChI is InChI=1S/C28H30N4O5S2/c1-35-22-10-9-19(24(36-2)25(22)37-3)28(34)32-14-11-18(12-15-32)27-31-21(17-39-27)26(33)30-20-7-4-5-8-23(20)38-16-6-13-29/h4-5,7-10,17-18H,6,11-12,14-16H2,1-3H3,(H,30,33). The number of nitriles is 1. The highest BCUT2D eigenvalue weighted by Gasteiger charge is 2.30. The molecule has 3 aromatic rings. The van der Waals surface area contributed by atoms with Crippen LogP contribution in [0.5, 0.6) is 17.2 Å². The third-order valence-corrected chi connectivity index (χ3v) is 8.51. The number of para-hydroxylation sites is 1. The minimum absolute atomic E-state index is 0.128. The molecule has 204 valence electrons. The normalized spacial score (nSPS) is 13.4. The average Bonchev–Trinajstić information content (AvgIpc) is 3.47. The number of aromatic nitrogens is 1. The van der Waals surface area contributed by atoms with Crippen LogP contribution in [-0.4, -0.2) is 61.9 Å². The number of hydrogen-bond acceptors (Lipinski definition) is 9. The molecule has 9 nitrogen and oxygen atoms in total. The Bertz CT molecular complexity index is 1360. The van der Waals surface area contributed by atoms with Crippen molar-refractivity contribution in [2.45, 2.75) is 30.1 Å². The summed E-state index contributed by atoms with van der Waals surface area (Å²) >= 11 is 3.01. The fraction of sp³-hybridized carbons (Fsp3) is 0.357. The van der Waals surface area contributed by atoms with E-state index in [2.05, 4.69) is 16.4 Å². The Labute approximate surface area is 236 Å². The van der Waals surface area contributed by atoms with Gasteiger partial charge in [0.1, 0.15) is 5.69 Å². The highest BCUT2D eigenvalue weighted by molar-refractivity contribution is 7.99. The first-order valence-electron chi connectivity index (χ1n) is 12.4. The molecule has 11 heteroatoms. The van der Waals surface area contributed by atoms with Gasteiger partial charge in [-0.3, -0.25) is 9.59 Å². The van der Waals surface area contributed by atoms with Crippen LogP contribution in [0.3, 0.4) is 0 Å². The number of ether oxygens (including phenoxy) is 3. The van der Waals surface area contributed by atoms with E-state index in [1.54, 1.807) is 17.5 Å². The van der Waals surface area contributed by atoms with Gasteiger partial charge < -0.3 is 24.4 Å². The summed E-state index contributed by atoms with van der Waals surface area (Å²) in [5, 5.41) is 14.4.